The molecule has 4 N–H and O–H groups in total. The number of rotatable bonds is 3. The van der Waals surface area contributed by atoms with E-state index in [2.05, 4.69) is 9.97 Å². The van der Waals surface area contributed by atoms with E-state index in [1.54, 1.807) is 6.20 Å². The molecule has 0 spiro atoms. The molecule has 1 unspecified atom stereocenters. The van der Waals surface area contributed by atoms with Gasteiger partial charge in [0.05, 0.1) is 5.69 Å². The predicted molar refractivity (Wildman–Crippen MR) is 53.6 cm³/mol. The van der Waals surface area contributed by atoms with Crippen LogP contribution in [0.2, 0.25) is 0 Å². The minimum absolute atomic E-state index is 0.240. The van der Waals surface area contributed by atoms with Gasteiger partial charge < -0.3 is 15.8 Å². The lowest BCUT2D eigenvalue weighted by Crippen LogP contribution is -2.32. The Balaban J connectivity index is 2.22. The molecule has 80 valence electrons. The number of H-pyrrole nitrogens is 1. The third-order valence-corrected chi connectivity index (χ3v) is 2.17. The predicted octanol–water partition coefficient (Wildman–Crippen LogP) is -0.0748. The summed E-state index contributed by atoms with van der Waals surface area (Å²) in [5.74, 6) is -0.303. The molecular weight excluding hydrogens is 196 g/mol. The highest BCUT2D eigenvalue weighted by Gasteiger charge is 2.14. The number of aliphatic carboxylic acids is 1. The largest absolute Gasteiger partial charge is 0.480 e. The molecule has 15 heavy (non-hydrogen) atoms. The third-order valence-electron chi connectivity index (χ3n) is 2.17. The van der Waals surface area contributed by atoms with Crippen molar-refractivity contribution < 1.29 is 9.90 Å². The van der Waals surface area contributed by atoms with Crippen LogP contribution in [0.3, 0.4) is 0 Å². The second-order valence-corrected chi connectivity index (χ2v) is 3.55. The zero-order valence-corrected chi connectivity index (χ0v) is 8.27. The highest BCUT2D eigenvalue weighted by molar-refractivity contribution is 5.73. The lowest BCUT2D eigenvalue weighted by atomic mass is 10.2. The molecule has 0 aliphatic heterocycles. The van der Waals surface area contributed by atoms with Gasteiger partial charge in [0.2, 0.25) is 5.78 Å². The smallest absolute Gasteiger partial charge is 0.320 e. The summed E-state index contributed by atoms with van der Waals surface area (Å²) in [5.41, 5.74) is 7.09. The first-order valence-electron chi connectivity index (χ1n) is 4.58. The van der Waals surface area contributed by atoms with Gasteiger partial charge in [0.25, 0.3) is 0 Å². The van der Waals surface area contributed by atoms with Crippen LogP contribution in [0.5, 0.6) is 0 Å². The molecule has 0 aliphatic rings. The van der Waals surface area contributed by atoms with Gasteiger partial charge in [-0.2, -0.15) is 0 Å². The second-order valence-electron chi connectivity index (χ2n) is 3.55. The van der Waals surface area contributed by atoms with Crippen molar-refractivity contribution in [1.82, 2.24) is 14.4 Å². The lowest BCUT2D eigenvalue weighted by Gasteiger charge is -2.01. The molecule has 2 rings (SSSR count). The van der Waals surface area contributed by atoms with E-state index in [-0.39, 0.29) is 6.42 Å². The number of nitrogens with one attached hydrogen (secondary N) is 1. The molecule has 6 nitrogen and oxygen atoms in total. The molecule has 0 aliphatic carbocycles. The summed E-state index contributed by atoms with van der Waals surface area (Å²) in [6, 6.07) is -0.897. The first kappa shape index (κ1) is 9.72. The van der Waals surface area contributed by atoms with Crippen molar-refractivity contribution in [2.24, 2.45) is 5.73 Å². The molecule has 2 aromatic rings. The molecule has 2 aromatic heterocycles. The number of aryl methyl sites for hydroxylation is 1. The summed E-state index contributed by atoms with van der Waals surface area (Å²) >= 11 is 0. The maximum atomic E-state index is 10.5. The molecule has 0 aromatic carbocycles. The van der Waals surface area contributed by atoms with Gasteiger partial charge in [-0.25, -0.2) is 4.98 Å². The number of aromatic nitrogens is 3. The lowest BCUT2D eigenvalue weighted by molar-refractivity contribution is -0.138. The number of imidazole rings is 2. The fourth-order valence-corrected chi connectivity index (χ4v) is 1.46. The third kappa shape index (κ3) is 1.84. The summed E-state index contributed by atoms with van der Waals surface area (Å²) in [6.45, 7) is 1.93. The van der Waals surface area contributed by atoms with Crippen LogP contribution in [0.1, 0.15) is 11.4 Å². The van der Waals surface area contributed by atoms with Crippen molar-refractivity contribution in [2.75, 3.05) is 0 Å². The molecule has 6 heteroatoms. The van der Waals surface area contributed by atoms with Crippen molar-refractivity contribution in [3.63, 3.8) is 0 Å². The quantitative estimate of drug-likeness (QED) is 0.657. The Morgan fingerprint density at radius 2 is 2.47 bits per heavy atom. The van der Waals surface area contributed by atoms with Gasteiger partial charge in [-0.05, 0) is 6.92 Å². The van der Waals surface area contributed by atoms with E-state index in [4.69, 9.17) is 10.8 Å². The first-order valence-corrected chi connectivity index (χ1v) is 4.58. The van der Waals surface area contributed by atoms with E-state index < -0.39 is 12.0 Å². The Morgan fingerprint density at radius 3 is 3.07 bits per heavy atom. The number of carboxylic acid groups (broad SMARTS) is 1. The Kier molecular flexibility index (Phi) is 2.20. The number of fused-ring (bicyclic) bond motifs is 1. The number of nitrogens with two attached hydrogens (primary N) is 1. The topological polar surface area (TPSA) is 96.4 Å². The van der Waals surface area contributed by atoms with Crippen LogP contribution >= 0.6 is 0 Å². The average molecular weight is 208 g/mol. The summed E-state index contributed by atoms with van der Waals surface area (Å²) in [7, 11) is 0. The molecule has 0 amide bonds. The van der Waals surface area contributed by atoms with Crippen LogP contribution in [0.4, 0.5) is 0 Å². The summed E-state index contributed by atoms with van der Waals surface area (Å²) in [5, 5.41) is 8.65. The van der Waals surface area contributed by atoms with Crippen LogP contribution in [0.15, 0.2) is 12.4 Å². The fraction of sp³-hybridized carbons (Fsp3) is 0.333. The van der Waals surface area contributed by atoms with Crippen LogP contribution in [-0.4, -0.2) is 31.5 Å². The van der Waals surface area contributed by atoms with Crippen LogP contribution in [0, 0.1) is 6.92 Å². The fourth-order valence-electron chi connectivity index (χ4n) is 1.46. The van der Waals surface area contributed by atoms with Crippen LogP contribution in [-0.2, 0) is 11.2 Å². The van der Waals surface area contributed by atoms with Crippen molar-refractivity contribution in [3.05, 3.63) is 23.8 Å². The average Bonchev–Trinajstić information content (AvgIpc) is 2.60. The monoisotopic (exact) mass is 208 g/mol. The minimum Gasteiger partial charge on any atom is -0.480 e. The van der Waals surface area contributed by atoms with E-state index in [1.807, 2.05) is 17.5 Å². The van der Waals surface area contributed by atoms with Crippen LogP contribution in [0.25, 0.3) is 5.78 Å². The Bertz CT molecular complexity index is 468. The zero-order chi connectivity index (χ0) is 11.0. The molecule has 0 bridgehead atoms. The summed E-state index contributed by atoms with van der Waals surface area (Å²) in [6.07, 6.45) is 3.91. The highest BCUT2D eigenvalue weighted by Crippen LogP contribution is 2.07. The van der Waals surface area contributed by atoms with E-state index in [9.17, 15) is 4.79 Å². The molecule has 0 radical (unpaired) electrons. The number of nitrogens with zero attached hydrogens (tertiary/aromatic N) is 2. The minimum atomic E-state index is -1.01. The van der Waals surface area contributed by atoms with Gasteiger partial charge in [-0.1, -0.05) is 0 Å². The van der Waals surface area contributed by atoms with Crippen molar-refractivity contribution in [1.29, 1.82) is 0 Å². The summed E-state index contributed by atoms with van der Waals surface area (Å²) in [4.78, 5) is 17.8. The molecular formula is C9H12N4O2. The number of carbonyl (C=O) groups is 1. The Hall–Kier alpha value is -1.82. The highest BCUT2D eigenvalue weighted by atomic mass is 16.4. The number of hydrogen-bond donors (Lipinski definition) is 3. The van der Waals surface area contributed by atoms with Crippen molar-refractivity contribution in [2.45, 2.75) is 19.4 Å². The Morgan fingerprint density at radius 1 is 1.73 bits per heavy atom. The number of aromatic amines is 1. The molecule has 0 saturated heterocycles. The van der Waals surface area contributed by atoms with E-state index >= 15 is 0 Å². The van der Waals surface area contributed by atoms with Crippen molar-refractivity contribution >= 4 is 11.7 Å². The van der Waals surface area contributed by atoms with Crippen LogP contribution < -0.4 is 5.73 Å². The number of hydrogen-bond acceptors (Lipinski definition) is 3. The van der Waals surface area contributed by atoms with E-state index in [0.29, 0.717) is 11.5 Å². The SMILES string of the molecule is Cc1cn2cc(CC(N)C(=O)O)nc2[nH]1. The molecule has 0 fully saturated rings. The normalized spacial score (nSPS) is 13.2. The summed E-state index contributed by atoms with van der Waals surface area (Å²) < 4.78 is 1.82. The molecule has 2 heterocycles. The van der Waals surface area contributed by atoms with Gasteiger partial charge in [0.15, 0.2) is 0 Å². The van der Waals surface area contributed by atoms with Crippen molar-refractivity contribution in [3.8, 4) is 0 Å². The zero-order valence-electron chi connectivity index (χ0n) is 8.27. The number of carboxylic acids is 1. The molecule has 1 atom stereocenters. The molecule has 0 saturated carbocycles. The first-order chi connectivity index (χ1) is 7.06. The van der Waals surface area contributed by atoms with Gasteiger partial charge in [-0.15, -0.1) is 0 Å². The van der Waals surface area contributed by atoms with Gasteiger partial charge in [-0.3, -0.25) is 9.20 Å². The second kappa shape index (κ2) is 3.39. The van der Waals surface area contributed by atoms with E-state index in [0.717, 1.165) is 5.69 Å². The van der Waals surface area contributed by atoms with Gasteiger partial charge in [0.1, 0.15) is 6.04 Å². The maximum Gasteiger partial charge on any atom is 0.320 e. The standard InChI is InChI=1S/C9H12N4O2/c1-5-3-13-4-6(12-9(13)11-5)2-7(10)8(14)15/h3-4,7H,2,10H2,1H3,(H,11,12)(H,14,15). The Labute approximate surface area is 85.7 Å². The van der Waals surface area contributed by atoms with Gasteiger partial charge in [0, 0.05) is 24.5 Å². The van der Waals surface area contributed by atoms with Gasteiger partial charge >= 0.3 is 5.97 Å². The maximum absolute atomic E-state index is 10.5. The van der Waals surface area contributed by atoms with E-state index in [1.165, 1.54) is 0 Å².